The Labute approximate surface area is 60.0 Å². The average Bonchev–Trinajstić information content (AvgIpc) is 2.15. The van der Waals surface area contributed by atoms with E-state index in [1.807, 2.05) is 0 Å². The van der Waals surface area contributed by atoms with Gasteiger partial charge in [0.15, 0.2) is 5.78 Å². The molecule has 0 aliphatic heterocycles. The summed E-state index contributed by atoms with van der Waals surface area (Å²) in [6.07, 6.45) is 1.85. The van der Waals surface area contributed by atoms with Gasteiger partial charge in [-0.1, -0.05) is 0 Å². The maximum Gasteiger partial charge on any atom is 0.166 e. The van der Waals surface area contributed by atoms with Crippen molar-refractivity contribution in [3.8, 4) is 0 Å². The molecule has 3 nitrogen and oxygen atoms in total. The molecule has 0 aromatic rings. The van der Waals surface area contributed by atoms with Crippen LogP contribution in [0.25, 0.3) is 0 Å². The lowest BCUT2D eigenvalue weighted by Crippen LogP contribution is -2.38. The number of rotatable bonds is 2. The quantitative estimate of drug-likeness (QED) is 0.598. The fourth-order valence-corrected chi connectivity index (χ4v) is 1.30. The van der Waals surface area contributed by atoms with Crippen molar-refractivity contribution in [2.45, 2.75) is 24.9 Å². The minimum Gasteiger partial charge on any atom is -0.381 e. The van der Waals surface area contributed by atoms with E-state index in [0.717, 1.165) is 6.42 Å². The molecular formula is C7H12O3. The monoisotopic (exact) mass is 144 g/mol. The molecule has 0 spiro atoms. The van der Waals surface area contributed by atoms with Gasteiger partial charge in [-0.05, 0) is 12.8 Å². The van der Waals surface area contributed by atoms with Crippen molar-refractivity contribution in [2.75, 3.05) is 13.7 Å². The number of methoxy groups -OCH3 is 1. The minimum absolute atomic E-state index is 0.0747. The Bertz CT molecular complexity index is 144. The SMILES string of the molecule is COCC1(O)CCCC1=O. The summed E-state index contributed by atoms with van der Waals surface area (Å²) in [5.41, 5.74) is -1.16. The number of ketones is 1. The van der Waals surface area contributed by atoms with Crippen LogP contribution < -0.4 is 0 Å². The first kappa shape index (κ1) is 7.69. The van der Waals surface area contributed by atoms with E-state index >= 15 is 0 Å². The third-order valence-electron chi connectivity index (χ3n) is 1.90. The molecule has 0 bridgehead atoms. The van der Waals surface area contributed by atoms with Crippen LogP contribution in [-0.2, 0) is 9.53 Å². The summed E-state index contributed by atoms with van der Waals surface area (Å²) in [6, 6.07) is 0. The summed E-state index contributed by atoms with van der Waals surface area (Å²) >= 11 is 0. The lowest BCUT2D eigenvalue weighted by Gasteiger charge is -2.18. The van der Waals surface area contributed by atoms with E-state index < -0.39 is 5.60 Å². The van der Waals surface area contributed by atoms with E-state index in [1.165, 1.54) is 7.11 Å². The number of hydrogen-bond donors (Lipinski definition) is 1. The van der Waals surface area contributed by atoms with E-state index in [9.17, 15) is 9.90 Å². The number of carbonyl (C=O) groups excluding carboxylic acids is 1. The number of Topliss-reactive ketones (excluding diaryl/α,β-unsaturated/α-hetero) is 1. The molecule has 0 aromatic carbocycles. The normalized spacial score (nSPS) is 33.2. The molecule has 3 heteroatoms. The molecule has 1 aliphatic rings. The fourth-order valence-electron chi connectivity index (χ4n) is 1.30. The largest absolute Gasteiger partial charge is 0.381 e. The summed E-state index contributed by atoms with van der Waals surface area (Å²) in [4.78, 5) is 11.0. The second-order valence-corrected chi connectivity index (χ2v) is 2.74. The topological polar surface area (TPSA) is 46.5 Å². The van der Waals surface area contributed by atoms with Gasteiger partial charge < -0.3 is 9.84 Å². The number of hydrogen-bond acceptors (Lipinski definition) is 3. The second-order valence-electron chi connectivity index (χ2n) is 2.74. The molecular weight excluding hydrogens is 132 g/mol. The van der Waals surface area contributed by atoms with Gasteiger partial charge >= 0.3 is 0 Å². The molecule has 0 aromatic heterocycles. The Kier molecular flexibility index (Phi) is 2.06. The van der Waals surface area contributed by atoms with Gasteiger partial charge in [0.05, 0.1) is 6.61 Å². The van der Waals surface area contributed by atoms with Crippen molar-refractivity contribution >= 4 is 5.78 Å². The van der Waals surface area contributed by atoms with Crippen LogP contribution in [0.2, 0.25) is 0 Å². The minimum atomic E-state index is -1.16. The first-order valence-corrected chi connectivity index (χ1v) is 3.44. The second kappa shape index (κ2) is 2.68. The van der Waals surface area contributed by atoms with Gasteiger partial charge in [0.2, 0.25) is 0 Å². The maximum atomic E-state index is 11.0. The van der Waals surface area contributed by atoms with E-state index in [0.29, 0.717) is 12.8 Å². The lowest BCUT2D eigenvalue weighted by molar-refractivity contribution is -0.138. The van der Waals surface area contributed by atoms with Gasteiger partial charge in [-0.15, -0.1) is 0 Å². The van der Waals surface area contributed by atoms with E-state index in [4.69, 9.17) is 4.74 Å². The van der Waals surface area contributed by atoms with Crippen molar-refractivity contribution in [1.29, 1.82) is 0 Å². The van der Waals surface area contributed by atoms with Crippen LogP contribution in [0.1, 0.15) is 19.3 Å². The fraction of sp³-hybridized carbons (Fsp3) is 0.857. The van der Waals surface area contributed by atoms with Crippen LogP contribution in [0.4, 0.5) is 0 Å². The molecule has 1 rings (SSSR count). The molecule has 1 fully saturated rings. The Morgan fingerprint density at radius 2 is 2.50 bits per heavy atom. The standard InChI is InChI=1S/C7H12O3/c1-10-5-7(9)4-2-3-6(7)8/h9H,2-5H2,1H3. The molecule has 0 amide bonds. The van der Waals surface area contributed by atoms with E-state index in [1.54, 1.807) is 0 Å². The third kappa shape index (κ3) is 1.20. The predicted molar refractivity (Wildman–Crippen MR) is 35.7 cm³/mol. The first-order chi connectivity index (χ1) is 4.69. The third-order valence-corrected chi connectivity index (χ3v) is 1.90. The van der Waals surface area contributed by atoms with Crippen molar-refractivity contribution in [2.24, 2.45) is 0 Å². The number of aliphatic hydroxyl groups is 1. The number of carbonyl (C=O) groups is 1. The molecule has 1 N–H and O–H groups in total. The van der Waals surface area contributed by atoms with Crippen LogP contribution in [0.15, 0.2) is 0 Å². The zero-order chi connectivity index (χ0) is 7.61. The van der Waals surface area contributed by atoms with Gasteiger partial charge in [-0.2, -0.15) is 0 Å². The van der Waals surface area contributed by atoms with Crippen molar-refractivity contribution < 1.29 is 14.6 Å². The Morgan fingerprint density at radius 1 is 1.80 bits per heavy atom. The molecule has 58 valence electrons. The number of ether oxygens (including phenoxy) is 1. The molecule has 1 unspecified atom stereocenters. The molecule has 1 atom stereocenters. The van der Waals surface area contributed by atoms with Gasteiger partial charge in [0.1, 0.15) is 5.60 Å². The van der Waals surface area contributed by atoms with E-state index in [2.05, 4.69) is 0 Å². The Morgan fingerprint density at radius 3 is 2.90 bits per heavy atom. The summed E-state index contributed by atoms with van der Waals surface area (Å²) in [6.45, 7) is 0.145. The highest BCUT2D eigenvalue weighted by molar-refractivity contribution is 5.89. The first-order valence-electron chi connectivity index (χ1n) is 3.44. The summed E-state index contributed by atoms with van der Waals surface area (Å²) in [7, 11) is 1.49. The highest BCUT2D eigenvalue weighted by Gasteiger charge is 2.39. The van der Waals surface area contributed by atoms with Crippen LogP contribution in [0.5, 0.6) is 0 Å². The zero-order valence-corrected chi connectivity index (χ0v) is 6.09. The average molecular weight is 144 g/mol. The van der Waals surface area contributed by atoms with Gasteiger partial charge in [0, 0.05) is 13.5 Å². The molecule has 0 saturated heterocycles. The Balaban J connectivity index is 2.57. The molecule has 0 heterocycles. The smallest absolute Gasteiger partial charge is 0.166 e. The van der Waals surface area contributed by atoms with Crippen LogP contribution in [0, 0.1) is 0 Å². The molecule has 10 heavy (non-hydrogen) atoms. The highest BCUT2D eigenvalue weighted by Crippen LogP contribution is 2.25. The van der Waals surface area contributed by atoms with Crippen LogP contribution in [-0.4, -0.2) is 30.2 Å². The molecule has 0 radical (unpaired) electrons. The van der Waals surface area contributed by atoms with Crippen molar-refractivity contribution in [3.63, 3.8) is 0 Å². The van der Waals surface area contributed by atoms with Gasteiger partial charge in [0.25, 0.3) is 0 Å². The van der Waals surface area contributed by atoms with Gasteiger partial charge in [-0.3, -0.25) is 4.79 Å². The molecule has 1 aliphatic carbocycles. The highest BCUT2D eigenvalue weighted by atomic mass is 16.5. The van der Waals surface area contributed by atoms with Gasteiger partial charge in [-0.25, -0.2) is 0 Å². The van der Waals surface area contributed by atoms with Crippen LogP contribution >= 0.6 is 0 Å². The zero-order valence-electron chi connectivity index (χ0n) is 6.09. The maximum absolute atomic E-state index is 11.0. The lowest BCUT2D eigenvalue weighted by atomic mass is 10.0. The predicted octanol–water partition coefficient (Wildman–Crippen LogP) is 0.117. The van der Waals surface area contributed by atoms with Crippen LogP contribution in [0.3, 0.4) is 0 Å². The summed E-state index contributed by atoms with van der Waals surface area (Å²) < 4.78 is 4.73. The summed E-state index contributed by atoms with van der Waals surface area (Å²) in [5.74, 6) is -0.0747. The van der Waals surface area contributed by atoms with E-state index in [-0.39, 0.29) is 12.4 Å². The van der Waals surface area contributed by atoms with Crippen molar-refractivity contribution in [3.05, 3.63) is 0 Å². The molecule has 1 saturated carbocycles. The Hall–Kier alpha value is -0.410. The summed E-state index contributed by atoms with van der Waals surface area (Å²) in [5, 5.41) is 9.49. The van der Waals surface area contributed by atoms with Crippen molar-refractivity contribution in [1.82, 2.24) is 0 Å².